The third kappa shape index (κ3) is 1.40. The van der Waals surface area contributed by atoms with E-state index in [2.05, 4.69) is 4.98 Å². The van der Waals surface area contributed by atoms with E-state index >= 15 is 0 Å². The molecule has 0 aromatic carbocycles. The summed E-state index contributed by atoms with van der Waals surface area (Å²) in [7, 11) is 0. The molecule has 0 fully saturated rings. The van der Waals surface area contributed by atoms with E-state index in [0.29, 0.717) is 11.2 Å². The highest BCUT2D eigenvalue weighted by Gasteiger charge is 2.15. The van der Waals surface area contributed by atoms with Gasteiger partial charge in [-0.1, -0.05) is 0 Å². The summed E-state index contributed by atoms with van der Waals surface area (Å²) in [4.78, 5) is 14.6. The van der Waals surface area contributed by atoms with Crippen LogP contribution >= 0.6 is 0 Å². The van der Waals surface area contributed by atoms with Gasteiger partial charge in [0.2, 0.25) is 0 Å². The van der Waals surface area contributed by atoms with Crippen LogP contribution in [0.5, 0.6) is 0 Å². The Morgan fingerprint density at radius 2 is 2.33 bits per heavy atom. The second-order valence-corrected chi connectivity index (χ2v) is 3.07. The lowest BCUT2D eigenvalue weighted by molar-refractivity contribution is 0.0692. The number of nitrogens with zero attached hydrogens (tertiary/aromatic N) is 2. The molecule has 0 saturated carbocycles. The number of carboxylic acids is 1. The Hall–Kier alpha value is -2.08. The predicted octanol–water partition coefficient (Wildman–Crippen LogP) is 0.107. The zero-order valence-corrected chi connectivity index (χ0v) is 7.71. The smallest absolute Gasteiger partial charge is 0.358 e. The first-order valence-corrected chi connectivity index (χ1v) is 4.24. The molecule has 0 aliphatic carbocycles. The molecule has 0 spiro atoms. The molecule has 0 bridgehead atoms. The first-order valence-electron chi connectivity index (χ1n) is 4.24. The molecule has 0 unspecified atom stereocenters. The highest BCUT2D eigenvalue weighted by Crippen LogP contribution is 2.16. The predicted molar refractivity (Wildman–Crippen MR) is 52.5 cm³/mol. The third-order valence-electron chi connectivity index (χ3n) is 2.11. The van der Waals surface area contributed by atoms with E-state index in [1.165, 1.54) is 4.40 Å². The maximum Gasteiger partial charge on any atom is 0.358 e. The highest BCUT2D eigenvalue weighted by atomic mass is 16.4. The minimum Gasteiger partial charge on any atom is -0.476 e. The molecular weight excluding hydrogens is 198 g/mol. The number of aliphatic hydroxyl groups excluding tert-OH is 1. The van der Waals surface area contributed by atoms with Crippen LogP contribution in [0, 0.1) is 0 Å². The van der Waals surface area contributed by atoms with Crippen LogP contribution in [0.15, 0.2) is 18.3 Å². The first kappa shape index (κ1) is 9.47. The molecule has 6 heteroatoms. The van der Waals surface area contributed by atoms with Crippen molar-refractivity contribution < 1.29 is 15.0 Å². The molecule has 0 aliphatic rings. The van der Waals surface area contributed by atoms with Gasteiger partial charge in [-0.3, -0.25) is 4.40 Å². The molecule has 15 heavy (non-hydrogen) atoms. The molecule has 0 radical (unpaired) electrons. The number of hydrogen-bond donors (Lipinski definition) is 3. The topological polar surface area (TPSA) is 101 Å². The summed E-state index contributed by atoms with van der Waals surface area (Å²) in [6, 6.07) is 3.24. The Kier molecular flexibility index (Phi) is 2.05. The first-order chi connectivity index (χ1) is 7.13. The quantitative estimate of drug-likeness (QED) is 0.648. The van der Waals surface area contributed by atoms with Crippen molar-refractivity contribution in [3.63, 3.8) is 0 Å². The average molecular weight is 207 g/mol. The monoisotopic (exact) mass is 207 g/mol. The fourth-order valence-electron chi connectivity index (χ4n) is 1.36. The number of anilines is 1. The van der Waals surface area contributed by atoms with Crippen molar-refractivity contribution in [2.45, 2.75) is 6.61 Å². The lowest BCUT2D eigenvalue weighted by Gasteiger charge is -1.98. The normalized spacial score (nSPS) is 10.7. The van der Waals surface area contributed by atoms with E-state index in [9.17, 15) is 4.79 Å². The van der Waals surface area contributed by atoms with Gasteiger partial charge in [-0.25, -0.2) is 9.78 Å². The van der Waals surface area contributed by atoms with Crippen molar-refractivity contribution in [2.24, 2.45) is 0 Å². The number of imidazole rings is 1. The molecule has 2 rings (SSSR count). The van der Waals surface area contributed by atoms with Gasteiger partial charge in [0.25, 0.3) is 0 Å². The van der Waals surface area contributed by atoms with E-state index in [0.717, 1.165) is 0 Å². The van der Waals surface area contributed by atoms with Crippen LogP contribution in [0.4, 0.5) is 5.82 Å². The van der Waals surface area contributed by atoms with Crippen molar-refractivity contribution in [1.29, 1.82) is 0 Å². The lowest BCUT2D eigenvalue weighted by atomic mass is 10.3. The fourth-order valence-corrected chi connectivity index (χ4v) is 1.36. The Balaban J connectivity index is 2.70. The van der Waals surface area contributed by atoms with Gasteiger partial charge >= 0.3 is 5.97 Å². The highest BCUT2D eigenvalue weighted by molar-refractivity contribution is 5.92. The standard InChI is InChI=1S/C9H9N3O3/c10-8-7(9(14)15)11-6-3-5(4-13)1-2-12(6)8/h1-3,13H,4,10H2,(H,14,15). The SMILES string of the molecule is Nc1c(C(=O)O)nc2cc(CO)ccn12. The van der Waals surface area contributed by atoms with Crippen molar-refractivity contribution in [1.82, 2.24) is 9.38 Å². The van der Waals surface area contributed by atoms with Gasteiger partial charge in [-0.2, -0.15) is 0 Å². The Morgan fingerprint density at radius 3 is 2.93 bits per heavy atom. The van der Waals surface area contributed by atoms with Gasteiger partial charge in [0.1, 0.15) is 11.5 Å². The number of aliphatic hydroxyl groups is 1. The number of hydrogen-bond acceptors (Lipinski definition) is 4. The lowest BCUT2D eigenvalue weighted by Crippen LogP contribution is -2.02. The van der Waals surface area contributed by atoms with E-state index in [1.54, 1.807) is 18.3 Å². The molecule has 78 valence electrons. The van der Waals surface area contributed by atoms with E-state index in [1.807, 2.05) is 0 Å². The molecule has 4 N–H and O–H groups in total. The minimum atomic E-state index is -1.17. The minimum absolute atomic E-state index is 0.0852. The molecular formula is C9H9N3O3. The van der Waals surface area contributed by atoms with Crippen LogP contribution in [0.1, 0.15) is 16.1 Å². The molecule has 0 aliphatic heterocycles. The molecule has 2 aromatic rings. The zero-order chi connectivity index (χ0) is 11.0. The number of carboxylic acid groups (broad SMARTS) is 1. The molecule has 0 amide bonds. The maximum atomic E-state index is 10.7. The fraction of sp³-hybridized carbons (Fsp3) is 0.111. The summed E-state index contributed by atoms with van der Waals surface area (Å²) in [5, 5.41) is 17.7. The van der Waals surface area contributed by atoms with Crippen LogP contribution in [-0.4, -0.2) is 25.6 Å². The van der Waals surface area contributed by atoms with Crippen LogP contribution < -0.4 is 5.73 Å². The number of pyridine rings is 1. The Morgan fingerprint density at radius 1 is 1.60 bits per heavy atom. The van der Waals surface area contributed by atoms with Crippen molar-refractivity contribution in [3.05, 3.63) is 29.6 Å². The number of aromatic nitrogens is 2. The average Bonchev–Trinajstić information content (AvgIpc) is 2.55. The number of aromatic carboxylic acids is 1. The second-order valence-electron chi connectivity index (χ2n) is 3.07. The van der Waals surface area contributed by atoms with Gasteiger partial charge in [0.05, 0.1) is 6.61 Å². The third-order valence-corrected chi connectivity index (χ3v) is 2.11. The zero-order valence-electron chi connectivity index (χ0n) is 7.71. The molecule has 2 aromatic heterocycles. The number of nitrogens with two attached hydrogens (primary N) is 1. The summed E-state index contributed by atoms with van der Waals surface area (Å²) >= 11 is 0. The number of carbonyl (C=O) groups is 1. The summed E-state index contributed by atoms with van der Waals surface area (Å²) in [5.74, 6) is -1.08. The summed E-state index contributed by atoms with van der Waals surface area (Å²) in [6.45, 7) is -0.119. The van der Waals surface area contributed by atoms with E-state index in [-0.39, 0.29) is 18.1 Å². The van der Waals surface area contributed by atoms with Crippen molar-refractivity contribution in [3.8, 4) is 0 Å². The van der Waals surface area contributed by atoms with Crippen molar-refractivity contribution >= 4 is 17.4 Å². The number of fused-ring (bicyclic) bond motifs is 1. The maximum absolute atomic E-state index is 10.7. The Labute approximate surface area is 84.6 Å². The Bertz CT molecular complexity index is 533. The van der Waals surface area contributed by atoms with E-state index in [4.69, 9.17) is 15.9 Å². The van der Waals surface area contributed by atoms with Crippen LogP contribution in [0.3, 0.4) is 0 Å². The second kappa shape index (κ2) is 3.25. The van der Waals surface area contributed by atoms with Gasteiger partial charge in [0.15, 0.2) is 5.69 Å². The largest absolute Gasteiger partial charge is 0.476 e. The summed E-state index contributed by atoms with van der Waals surface area (Å²) in [6.07, 6.45) is 1.58. The van der Waals surface area contributed by atoms with Crippen LogP contribution in [-0.2, 0) is 6.61 Å². The summed E-state index contributed by atoms with van der Waals surface area (Å²) in [5.41, 5.74) is 6.48. The summed E-state index contributed by atoms with van der Waals surface area (Å²) < 4.78 is 1.46. The van der Waals surface area contributed by atoms with Gasteiger partial charge < -0.3 is 15.9 Å². The number of nitrogen functional groups attached to an aromatic ring is 1. The van der Waals surface area contributed by atoms with E-state index < -0.39 is 5.97 Å². The molecule has 0 saturated heterocycles. The van der Waals surface area contributed by atoms with Gasteiger partial charge in [0, 0.05) is 6.20 Å². The molecule has 6 nitrogen and oxygen atoms in total. The van der Waals surface area contributed by atoms with Crippen LogP contribution in [0.2, 0.25) is 0 Å². The molecule has 2 heterocycles. The van der Waals surface area contributed by atoms with Gasteiger partial charge in [-0.05, 0) is 17.7 Å². The van der Waals surface area contributed by atoms with Crippen LogP contribution in [0.25, 0.3) is 5.65 Å². The number of rotatable bonds is 2. The van der Waals surface area contributed by atoms with Crippen molar-refractivity contribution in [2.75, 3.05) is 5.73 Å². The molecule has 0 atom stereocenters. The van der Waals surface area contributed by atoms with Gasteiger partial charge in [-0.15, -0.1) is 0 Å².